The van der Waals surface area contributed by atoms with Crippen LogP contribution in [0, 0.1) is 11.6 Å². The van der Waals surface area contributed by atoms with Crippen molar-refractivity contribution in [1.29, 1.82) is 0 Å². The van der Waals surface area contributed by atoms with Gasteiger partial charge in [0.2, 0.25) is 6.20 Å². The maximum absolute atomic E-state index is 15.4. The Hall–Kier alpha value is -4.89. The van der Waals surface area contributed by atoms with Gasteiger partial charge in [-0.1, -0.05) is 17.7 Å². The molecule has 5 aromatic rings. The van der Waals surface area contributed by atoms with Crippen LogP contribution in [-0.2, 0) is 4.74 Å². The van der Waals surface area contributed by atoms with Crippen LogP contribution in [0.3, 0.4) is 0 Å². The average molecular weight is 618 g/mol. The van der Waals surface area contributed by atoms with Crippen LogP contribution >= 0.6 is 11.6 Å². The van der Waals surface area contributed by atoms with Crippen molar-refractivity contribution in [3.63, 3.8) is 0 Å². The number of carbonyl (C=O) groups is 1. The van der Waals surface area contributed by atoms with Gasteiger partial charge in [0.15, 0.2) is 5.82 Å². The molecule has 5 rings (SSSR count). The van der Waals surface area contributed by atoms with Crippen LogP contribution in [0.5, 0.6) is 0 Å². The Morgan fingerprint density at radius 3 is 2.58 bits per heavy atom. The molecule has 0 spiro atoms. The lowest BCUT2D eigenvalue weighted by Crippen LogP contribution is -2.46. The molecule has 2 aromatic carbocycles. The van der Waals surface area contributed by atoms with Crippen molar-refractivity contribution in [2.24, 2.45) is 5.73 Å². The Morgan fingerprint density at radius 1 is 1.12 bits per heavy atom. The van der Waals surface area contributed by atoms with E-state index in [1.807, 2.05) is 0 Å². The first kappa shape index (κ1) is 29.6. The van der Waals surface area contributed by atoms with E-state index in [0.29, 0.717) is 28.1 Å². The van der Waals surface area contributed by atoms with E-state index in [1.54, 1.807) is 24.4 Å². The highest BCUT2D eigenvalue weighted by atomic mass is 35.5. The number of rotatable bonds is 11. The predicted octanol–water partition coefficient (Wildman–Crippen LogP) is 3.79. The normalized spacial score (nSPS) is 12.1. The zero-order valence-corrected chi connectivity index (χ0v) is 23.0. The first-order valence-corrected chi connectivity index (χ1v) is 12.9. The summed E-state index contributed by atoms with van der Waals surface area (Å²) in [6, 6.07) is 9.30. The minimum atomic E-state index is -2.99. The van der Waals surface area contributed by atoms with Crippen LogP contribution in [0.15, 0.2) is 67.4 Å². The monoisotopic (exact) mass is 617 g/mol. The number of aromatic nitrogens is 7. The van der Waals surface area contributed by atoms with Gasteiger partial charge in [-0.05, 0) is 46.3 Å². The molecular weight excluding hydrogens is 596 g/mol. The van der Waals surface area contributed by atoms with E-state index in [4.69, 9.17) is 22.2 Å². The van der Waals surface area contributed by atoms with Gasteiger partial charge in [-0.2, -0.15) is 18.6 Å². The van der Waals surface area contributed by atoms with E-state index in [1.165, 1.54) is 58.1 Å². The number of halogens is 5. The van der Waals surface area contributed by atoms with Crippen LogP contribution < -0.4 is 15.3 Å². The molecule has 0 fully saturated rings. The maximum Gasteiger partial charge on any atom is 0.345 e. The van der Waals surface area contributed by atoms with E-state index in [2.05, 4.69) is 25.4 Å². The standard InChI is InChI=1S/C27H21ClF4N8O3/c1-42-40-13-16(24-23(39-14-34-36-37-39)7-5-19(28)25(24)30)3-6-22(40)21(8-9-43-27(31)32)38-12-17(11-35-38)15-2-4-18(26(33)41)20(29)10-15/h2-7,10-14,21,27H,8-9H2,1H3,(H-,33,41)/p+1/t21-/m1/s1. The number of tetrazole rings is 1. The van der Waals surface area contributed by atoms with Gasteiger partial charge in [0, 0.05) is 29.0 Å². The highest BCUT2D eigenvalue weighted by Gasteiger charge is 2.29. The van der Waals surface area contributed by atoms with Crippen molar-refractivity contribution in [3.05, 3.63) is 95.3 Å². The number of alkyl halides is 2. The van der Waals surface area contributed by atoms with E-state index in [9.17, 15) is 18.0 Å². The molecule has 3 heterocycles. The van der Waals surface area contributed by atoms with Gasteiger partial charge in [-0.3, -0.25) is 14.3 Å². The summed E-state index contributed by atoms with van der Waals surface area (Å²) in [5.74, 6) is -2.44. The molecule has 0 saturated carbocycles. The summed E-state index contributed by atoms with van der Waals surface area (Å²) < 4.78 is 64.1. The molecule has 43 heavy (non-hydrogen) atoms. The third-order valence-electron chi connectivity index (χ3n) is 6.56. The smallest absolute Gasteiger partial charge is 0.345 e. The molecule has 222 valence electrons. The lowest BCUT2D eigenvalue weighted by molar-refractivity contribution is -0.891. The molecule has 0 saturated heterocycles. The van der Waals surface area contributed by atoms with E-state index in [0.717, 1.165) is 6.07 Å². The van der Waals surface area contributed by atoms with Crippen LogP contribution in [0.2, 0.25) is 5.02 Å². The van der Waals surface area contributed by atoms with Crippen molar-refractivity contribution >= 4 is 17.5 Å². The molecule has 11 nitrogen and oxygen atoms in total. The van der Waals surface area contributed by atoms with Crippen molar-refractivity contribution in [1.82, 2.24) is 30.0 Å². The lowest BCUT2D eigenvalue weighted by atomic mass is 10.0. The molecule has 0 aliphatic heterocycles. The third-order valence-corrected chi connectivity index (χ3v) is 6.86. The zero-order chi connectivity index (χ0) is 30.7. The second-order valence-electron chi connectivity index (χ2n) is 9.06. The van der Waals surface area contributed by atoms with Gasteiger partial charge in [-0.25, -0.2) is 8.78 Å². The minimum absolute atomic E-state index is 0.0184. The molecule has 0 aliphatic carbocycles. The summed E-state index contributed by atoms with van der Waals surface area (Å²) in [5, 5.41) is 15.3. The zero-order valence-electron chi connectivity index (χ0n) is 22.2. The van der Waals surface area contributed by atoms with Gasteiger partial charge in [0.05, 0.1) is 40.2 Å². The van der Waals surface area contributed by atoms with Crippen LogP contribution in [0.1, 0.15) is 28.5 Å². The van der Waals surface area contributed by atoms with Crippen LogP contribution in [-0.4, -0.2) is 56.2 Å². The second-order valence-corrected chi connectivity index (χ2v) is 9.47. The summed E-state index contributed by atoms with van der Waals surface area (Å²) in [6.45, 7) is -3.34. The molecule has 1 atom stereocenters. The highest BCUT2D eigenvalue weighted by Crippen LogP contribution is 2.34. The number of primary amides is 1. The number of nitrogens with zero attached hydrogens (tertiary/aromatic N) is 7. The second kappa shape index (κ2) is 12.5. The van der Waals surface area contributed by atoms with Crippen molar-refractivity contribution in [2.45, 2.75) is 19.1 Å². The first-order chi connectivity index (χ1) is 20.7. The number of ether oxygens (including phenoxy) is 1. The number of nitrogens with two attached hydrogens (primary N) is 1. The van der Waals surface area contributed by atoms with Crippen LogP contribution in [0.4, 0.5) is 17.6 Å². The van der Waals surface area contributed by atoms with Gasteiger partial charge in [0.1, 0.15) is 25.3 Å². The summed E-state index contributed by atoms with van der Waals surface area (Å²) in [7, 11) is 1.37. The Bertz CT molecular complexity index is 1770. The SMILES string of the molecule is CO[n+]1cc(-c2c(-n3cnnn3)ccc(Cl)c2F)ccc1[C@@H](CCOC(F)F)n1cc(-c2ccc(C(N)=O)c(F)c2)cn1. The molecule has 3 aromatic heterocycles. The van der Waals surface area contributed by atoms with E-state index < -0.39 is 30.2 Å². The summed E-state index contributed by atoms with van der Waals surface area (Å²) in [4.78, 5) is 17.0. The van der Waals surface area contributed by atoms with Gasteiger partial charge in [-0.15, -0.1) is 5.10 Å². The van der Waals surface area contributed by atoms with Crippen molar-refractivity contribution < 1.29 is 36.7 Å². The quantitative estimate of drug-likeness (QED) is 0.177. The van der Waals surface area contributed by atoms with Crippen molar-refractivity contribution in [2.75, 3.05) is 13.7 Å². The fourth-order valence-electron chi connectivity index (χ4n) is 4.57. The third kappa shape index (κ3) is 6.17. The largest absolute Gasteiger partial charge is 0.366 e. The first-order valence-electron chi connectivity index (χ1n) is 12.5. The summed E-state index contributed by atoms with van der Waals surface area (Å²) >= 11 is 6.09. The van der Waals surface area contributed by atoms with Crippen molar-refractivity contribution in [3.8, 4) is 27.9 Å². The Morgan fingerprint density at radius 2 is 1.91 bits per heavy atom. The predicted molar refractivity (Wildman–Crippen MR) is 143 cm³/mol. The fraction of sp³-hybridized carbons (Fsp3) is 0.185. The molecule has 0 unspecified atom stereocenters. The van der Waals surface area contributed by atoms with E-state index in [-0.39, 0.29) is 29.2 Å². The minimum Gasteiger partial charge on any atom is -0.366 e. The molecule has 1 amide bonds. The average Bonchev–Trinajstić information content (AvgIpc) is 3.69. The molecule has 0 aliphatic rings. The number of carbonyl (C=O) groups excluding carboxylic acids is 1. The van der Waals surface area contributed by atoms with Crippen LogP contribution in [0.25, 0.3) is 27.9 Å². The molecule has 0 bridgehead atoms. The summed E-state index contributed by atoms with van der Waals surface area (Å²) in [6.07, 6.45) is 5.83. The lowest BCUT2D eigenvalue weighted by Gasteiger charge is -2.16. The van der Waals surface area contributed by atoms with Gasteiger partial charge >= 0.3 is 6.61 Å². The molecular formula is C27H22ClF4N8O3+. The topological polar surface area (TPSA) is 127 Å². The number of pyridine rings is 1. The fourth-order valence-corrected chi connectivity index (χ4v) is 4.73. The number of hydrogen-bond acceptors (Lipinski definition) is 7. The van der Waals surface area contributed by atoms with E-state index >= 15 is 4.39 Å². The maximum atomic E-state index is 15.4. The molecule has 16 heteroatoms. The number of amides is 1. The van der Waals surface area contributed by atoms with Gasteiger partial charge in [0.25, 0.3) is 11.6 Å². The number of hydrogen-bond donors (Lipinski definition) is 1. The Kier molecular flexibility index (Phi) is 8.63. The summed E-state index contributed by atoms with van der Waals surface area (Å²) in [5.41, 5.74) is 6.95. The number of benzene rings is 2. The van der Waals surface area contributed by atoms with Gasteiger partial charge < -0.3 is 10.5 Å². The highest BCUT2D eigenvalue weighted by molar-refractivity contribution is 6.31. The Balaban J connectivity index is 1.56. The Labute approximate surface area is 246 Å². The molecule has 0 radical (unpaired) electrons. The molecule has 2 N–H and O–H groups in total.